The Labute approximate surface area is 224 Å². The summed E-state index contributed by atoms with van der Waals surface area (Å²) in [6, 6.07) is 21.9. The third-order valence-electron chi connectivity index (χ3n) is 6.93. The second kappa shape index (κ2) is 11.9. The van der Waals surface area contributed by atoms with Crippen molar-refractivity contribution in [2.24, 2.45) is 16.8 Å². The fourth-order valence-corrected chi connectivity index (χ4v) is 5.71. The van der Waals surface area contributed by atoms with Crippen LogP contribution in [0.1, 0.15) is 42.4 Å². The Morgan fingerprint density at radius 3 is 2.47 bits per heavy atom. The predicted octanol–water partition coefficient (Wildman–Crippen LogP) is 3.84. The molecule has 1 aliphatic heterocycles. The Hall–Kier alpha value is -3.53. The molecule has 8 nitrogen and oxygen atoms in total. The standard InChI is InChI=1S/C29H34N4O4S/c1-2-3-15-37-29(34)26-19-33(18-25(26)22-7-6-8-23(16-22)28(30)31)17-20-11-13-21(14-12-20)24-9-4-5-10-27(24)38(32,35)36/h4-14,16,25-26H,2-3,15,17-19H2,1H3,(H3,30,31)(H2,32,35,36)/t25-,26+/m1/s1. The third kappa shape index (κ3) is 6.48. The topological polar surface area (TPSA) is 140 Å². The summed E-state index contributed by atoms with van der Waals surface area (Å²) in [7, 11) is -3.85. The summed E-state index contributed by atoms with van der Waals surface area (Å²) in [6.45, 7) is 4.30. The molecule has 0 unspecified atom stereocenters. The number of ether oxygens (including phenoxy) is 1. The van der Waals surface area contributed by atoms with Gasteiger partial charge in [0.15, 0.2) is 0 Å². The molecule has 1 saturated heterocycles. The van der Waals surface area contributed by atoms with Crippen molar-refractivity contribution in [1.29, 1.82) is 5.41 Å². The molecule has 9 heteroatoms. The number of amidine groups is 1. The average molecular weight is 535 g/mol. The molecular weight excluding hydrogens is 500 g/mol. The lowest BCUT2D eigenvalue weighted by molar-refractivity contribution is -0.148. The first-order valence-corrected chi connectivity index (χ1v) is 14.3. The van der Waals surface area contributed by atoms with Gasteiger partial charge in [-0.2, -0.15) is 0 Å². The highest BCUT2D eigenvalue weighted by molar-refractivity contribution is 7.89. The van der Waals surface area contributed by atoms with E-state index in [9.17, 15) is 13.2 Å². The van der Waals surface area contributed by atoms with Crippen molar-refractivity contribution in [3.8, 4) is 11.1 Å². The van der Waals surface area contributed by atoms with Gasteiger partial charge in [-0.1, -0.05) is 74.0 Å². The van der Waals surface area contributed by atoms with Gasteiger partial charge in [0, 0.05) is 36.7 Å². The summed E-state index contributed by atoms with van der Waals surface area (Å²) in [5.74, 6) is -0.610. The molecule has 0 saturated carbocycles. The first-order valence-electron chi connectivity index (χ1n) is 12.7. The largest absolute Gasteiger partial charge is 0.465 e. The van der Waals surface area contributed by atoms with Crippen LogP contribution in [0.4, 0.5) is 0 Å². The second-order valence-electron chi connectivity index (χ2n) is 9.71. The molecule has 0 radical (unpaired) electrons. The number of nitrogens with zero attached hydrogens (tertiary/aromatic N) is 1. The minimum absolute atomic E-state index is 0.00660. The summed E-state index contributed by atoms with van der Waals surface area (Å²) in [6.07, 6.45) is 1.78. The molecule has 1 fully saturated rings. The van der Waals surface area contributed by atoms with Gasteiger partial charge in [0.25, 0.3) is 0 Å². The van der Waals surface area contributed by atoms with Crippen LogP contribution in [0.3, 0.4) is 0 Å². The van der Waals surface area contributed by atoms with Crippen molar-refractivity contribution in [1.82, 2.24) is 4.90 Å². The minimum Gasteiger partial charge on any atom is -0.465 e. The number of nitrogen functional groups attached to an aromatic ring is 1. The van der Waals surface area contributed by atoms with Gasteiger partial charge < -0.3 is 10.5 Å². The molecule has 1 heterocycles. The second-order valence-corrected chi connectivity index (χ2v) is 11.2. The van der Waals surface area contributed by atoms with E-state index >= 15 is 0 Å². The number of likely N-dealkylation sites (tertiary alicyclic amines) is 1. The van der Waals surface area contributed by atoms with Crippen LogP contribution < -0.4 is 10.9 Å². The number of carbonyl (C=O) groups excluding carboxylic acids is 1. The van der Waals surface area contributed by atoms with Gasteiger partial charge in [-0.3, -0.25) is 15.1 Å². The van der Waals surface area contributed by atoms with Crippen molar-refractivity contribution in [2.75, 3.05) is 19.7 Å². The minimum atomic E-state index is -3.85. The number of esters is 1. The summed E-state index contributed by atoms with van der Waals surface area (Å²) >= 11 is 0. The number of nitrogens with two attached hydrogens (primary N) is 2. The van der Waals surface area contributed by atoms with E-state index in [1.165, 1.54) is 6.07 Å². The molecule has 0 aromatic heterocycles. The third-order valence-corrected chi connectivity index (χ3v) is 7.90. The van der Waals surface area contributed by atoms with Crippen molar-refractivity contribution < 1.29 is 17.9 Å². The highest BCUT2D eigenvalue weighted by atomic mass is 32.2. The van der Waals surface area contributed by atoms with E-state index < -0.39 is 10.0 Å². The number of rotatable bonds is 10. The number of nitrogens with one attached hydrogen (secondary N) is 1. The molecular formula is C29H34N4O4S. The molecule has 5 N–H and O–H groups in total. The normalized spacial score (nSPS) is 17.8. The zero-order valence-electron chi connectivity index (χ0n) is 21.5. The van der Waals surface area contributed by atoms with E-state index in [4.69, 9.17) is 21.0 Å². The van der Waals surface area contributed by atoms with Crippen molar-refractivity contribution in [3.05, 3.63) is 89.5 Å². The van der Waals surface area contributed by atoms with E-state index in [-0.39, 0.29) is 28.5 Å². The Balaban J connectivity index is 1.54. The molecule has 0 bridgehead atoms. The maximum Gasteiger partial charge on any atom is 0.310 e. The van der Waals surface area contributed by atoms with Gasteiger partial charge in [-0.15, -0.1) is 0 Å². The first-order chi connectivity index (χ1) is 18.2. The number of hydrogen-bond acceptors (Lipinski definition) is 6. The highest BCUT2D eigenvalue weighted by Gasteiger charge is 2.39. The molecule has 3 aromatic rings. The van der Waals surface area contributed by atoms with Crippen molar-refractivity contribution >= 4 is 21.8 Å². The molecule has 0 aliphatic carbocycles. The van der Waals surface area contributed by atoms with Crippen LogP contribution in [0.25, 0.3) is 11.1 Å². The van der Waals surface area contributed by atoms with Gasteiger partial charge in [0.1, 0.15) is 5.84 Å². The SMILES string of the molecule is CCCCOC(=O)[C@H]1CN(Cc2ccc(-c3ccccc3S(N)(=O)=O)cc2)C[C@@H]1c1cccc(C(=N)N)c1. The predicted molar refractivity (Wildman–Crippen MR) is 148 cm³/mol. The van der Waals surface area contributed by atoms with E-state index in [0.29, 0.717) is 37.4 Å². The van der Waals surface area contributed by atoms with Crippen LogP contribution in [-0.2, 0) is 26.1 Å². The number of primary sulfonamides is 1. The number of hydrogen-bond donors (Lipinski definition) is 3. The molecule has 0 amide bonds. The smallest absolute Gasteiger partial charge is 0.310 e. The Morgan fingerprint density at radius 2 is 1.79 bits per heavy atom. The van der Waals surface area contributed by atoms with Crippen LogP contribution in [0.2, 0.25) is 0 Å². The molecule has 4 rings (SSSR count). The fourth-order valence-electron chi connectivity index (χ4n) is 4.95. The van der Waals surface area contributed by atoms with Crippen LogP contribution in [-0.4, -0.2) is 44.8 Å². The Kier molecular flexibility index (Phi) is 8.61. The van der Waals surface area contributed by atoms with Crippen LogP contribution in [0, 0.1) is 11.3 Å². The monoisotopic (exact) mass is 534 g/mol. The van der Waals surface area contributed by atoms with Gasteiger partial charge >= 0.3 is 5.97 Å². The van der Waals surface area contributed by atoms with Crippen molar-refractivity contribution in [3.63, 3.8) is 0 Å². The lowest BCUT2D eigenvalue weighted by Crippen LogP contribution is -2.25. The van der Waals surface area contributed by atoms with Gasteiger partial charge in [0.05, 0.1) is 17.4 Å². The molecule has 0 spiro atoms. The summed E-state index contributed by atoms with van der Waals surface area (Å²) in [4.78, 5) is 15.4. The maximum absolute atomic E-state index is 13.1. The summed E-state index contributed by atoms with van der Waals surface area (Å²) < 4.78 is 29.6. The van der Waals surface area contributed by atoms with E-state index in [2.05, 4.69) is 11.8 Å². The molecule has 1 aliphatic rings. The van der Waals surface area contributed by atoms with Crippen LogP contribution in [0.5, 0.6) is 0 Å². The number of benzene rings is 3. The van der Waals surface area contributed by atoms with Crippen LogP contribution >= 0.6 is 0 Å². The van der Waals surface area contributed by atoms with Gasteiger partial charge in [-0.05, 0) is 35.2 Å². The zero-order chi connectivity index (χ0) is 27.3. The zero-order valence-corrected chi connectivity index (χ0v) is 22.3. The Morgan fingerprint density at radius 1 is 1.05 bits per heavy atom. The van der Waals surface area contributed by atoms with Crippen molar-refractivity contribution in [2.45, 2.75) is 37.1 Å². The highest BCUT2D eigenvalue weighted by Crippen LogP contribution is 2.35. The van der Waals surface area contributed by atoms with E-state index in [0.717, 1.165) is 29.5 Å². The maximum atomic E-state index is 13.1. The number of carbonyl (C=O) groups is 1. The molecule has 200 valence electrons. The summed E-state index contributed by atoms with van der Waals surface area (Å²) in [5.41, 5.74) is 9.67. The van der Waals surface area contributed by atoms with E-state index in [1.54, 1.807) is 24.3 Å². The van der Waals surface area contributed by atoms with Gasteiger partial charge in [-0.25, -0.2) is 13.6 Å². The van der Waals surface area contributed by atoms with E-state index in [1.807, 2.05) is 42.5 Å². The lowest BCUT2D eigenvalue weighted by atomic mass is 9.88. The fraction of sp³-hybridized carbons (Fsp3) is 0.310. The molecule has 38 heavy (non-hydrogen) atoms. The number of sulfonamides is 1. The molecule has 2 atom stereocenters. The Bertz CT molecular complexity index is 1410. The lowest BCUT2D eigenvalue weighted by Gasteiger charge is -2.18. The number of unbranched alkanes of at least 4 members (excludes halogenated alkanes) is 1. The van der Waals surface area contributed by atoms with Crippen LogP contribution in [0.15, 0.2) is 77.7 Å². The van der Waals surface area contributed by atoms with Gasteiger partial charge in [0.2, 0.25) is 10.0 Å². The first kappa shape index (κ1) is 27.5. The average Bonchev–Trinajstić information content (AvgIpc) is 3.33. The molecule has 3 aromatic carbocycles. The quantitative estimate of drug-likeness (QED) is 0.156. The summed E-state index contributed by atoms with van der Waals surface area (Å²) in [5, 5.41) is 13.2.